The van der Waals surface area contributed by atoms with Crippen molar-refractivity contribution in [3.63, 3.8) is 0 Å². The summed E-state index contributed by atoms with van der Waals surface area (Å²) in [6, 6.07) is 7.58. The zero-order valence-electron chi connectivity index (χ0n) is 10.7. The van der Waals surface area contributed by atoms with Gasteiger partial charge in [0.1, 0.15) is 5.82 Å². The van der Waals surface area contributed by atoms with E-state index in [0.29, 0.717) is 5.02 Å². The second-order valence-electron chi connectivity index (χ2n) is 4.05. The van der Waals surface area contributed by atoms with Gasteiger partial charge in [-0.25, -0.2) is 4.98 Å². The van der Waals surface area contributed by atoms with Crippen LogP contribution in [0.4, 0.5) is 0 Å². The molecule has 0 unspecified atom stereocenters. The van der Waals surface area contributed by atoms with Gasteiger partial charge < -0.3 is 4.57 Å². The van der Waals surface area contributed by atoms with Gasteiger partial charge in [-0.3, -0.25) is 0 Å². The van der Waals surface area contributed by atoms with Crippen LogP contribution in [-0.4, -0.2) is 24.1 Å². The van der Waals surface area contributed by atoms with Crippen LogP contribution in [0.5, 0.6) is 0 Å². The summed E-state index contributed by atoms with van der Waals surface area (Å²) in [7, 11) is 1.91. The van der Waals surface area contributed by atoms with Crippen molar-refractivity contribution in [2.45, 2.75) is 16.4 Å². The van der Waals surface area contributed by atoms with Gasteiger partial charge in [0.25, 0.3) is 0 Å². The number of hydrogen-bond donors (Lipinski definition) is 0. The first-order chi connectivity index (χ1) is 9.65. The summed E-state index contributed by atoms with van der Waals surface area (Å²) in [5, 5.41) is 9.83. The Morgan fingerprint density at radius 2 is 2.05 bits per heavy atom. The van der Waals surface area contributed by atoms with E-state index in [0.717, 1.165) is 26.7 Å². The van der Waals surface area contributed by atoms with E-state index in [-0.39, 0.29) is 0 Å². The van der Waals surface area contributed by atoms with Crippen molar-refractivity contribution in [2.75, 3.05) is 0 Å². The molecule has 1 aromatic carbocycles. The van der Waals surface area contributed by atoms with Crippen molar-refractivity contribution in [2.24, 2.45) is 7.05 Å². The monoisotopic (exact) mass is 323 g/mol. The summed E-state index contributed by atoms with van der Waals surface area (Å²) in [6.45, 7) is 1.87. The summed E-state index contributed by atoms with van der Waals surface area (Å²) in [5.41, 5.74) is 0.865. The average Bonchev–Trinajstić information content (AvgIpc) is 2.99. The molecule has 5 nitrogen and oxygen atoms in total. The molecule has 0 aliphatic heterocycles. The lowest BCUT2D eigenvalue weighted by molar-refractivity contribution is 0.793. The fourth-order valence-electron chi connectivity index (χ4n) is 1.68. The van der Waals surface area contributed by atoms with Gasteiger partial charge in [-0.1, -0.05) is 23.7 Å². The number of nitrogens with zero attached hydrogens (tertiary/aromatic N) is 5. The predicted octanol–water partition coefficient (Wildman–Crippen LogP) is 3.45. The van der Waals surface area contributed by atoms with E-state index in [2.05, 4.69) is 19.6 Å². The third-order valence-corrected chi connectivity index (χ3v) is 4.85. The smallest absolute Gasteiger partial charge is 0.198 e. The molecule has 0 amide bonds. The standard InChI is InChI=1S/C12H10ClN5S2/c1-7-14-12(20-17-7)19-11-16-15-10(18(11)2)8-5-3-4-6-9(8)13/h3-6H,1-2H3. The van der Waals surface area contributed by atoms with E-state index >= 15 is 0 Å². The Bertz CT molecular complexity index is 752. The van der Waals surface area contributed by atoms with Crippen molar-refractivity contribution in [1.29, 1.82) is 0 Å². The Morgan fingerprint density at radius 3 is 2.75 bits per heavy atom. The molecule has 8 heteroatoms. The van der Waals surface area contributed by atoms with Crippen molar-refractivity contribution < 1.29 is 0 Å². The number of aryl methyl sites for hydroxylation is 1. The summed E-state index contributed by atoms with van der Waals surface area (Å²) >= 11 is 9.00. The minimum absolute atomic E-state index is 0.659. The summed E-state index contributed by atoms with van der Waals surface area (Å²) in [4.78, 5) is 4.31. The van der Waals surface area contributed by atoms with Crippen LogP contribution in [0.25, 0.3) is 11.4 Å². The average molecular weight is 324 g/mol. The van der Waals surface area contributed by atoms with E-state index < -0.39 is 0 Å². The van der Waals surface area contributed by atoms with Gasteiger partial charge in [-0.05, 0) is 42.4 Å². The maximum absolute atomic E-state index is 6.20. The molecule has 2 aromatic heterocycles. The maximum atomic E-state index is 6.20. The zero-order valence-corrected chi connectivity index (χ0v) is 13.1. The number of hydrogen-bond acceptors (Lipinski definition) is 6. The van der Waals surface area contributed by atoms with Gasteiger partial charge in [-0.15, -0.1) is 10.2 Å². The molecule has 20 heavy (non-hydrogen) atoms. The lowest BCUT2D eigenvalue weighted by atomic mass is 10.2. The molecule has 102 valence electrons. The van der Waals surface area contributed by atoms with Crippen LogP contribution in [0.15, 0.2) is 33.8 Å². The number of aromatic nitrogens is 5. The molecule has 0 saturated carbocycles. The fraction of sp³-hybridized carbons (Fsp3) is 0.167. The van der Waals surface area contributed by atoms with Crippen LogP contribution < -0.4 is 0 Å². The SMILES string of the molecule is Cc1nsc(Sc2nnc(-c3ccccc3Cl)n2C)n1. The molecule has 0 bridgehead atoms. The molecular formula is C12H10ClN5S2. The third kappa shape index (κ3) is 2.56. The van der Waals surface area contributed by atoms with Crippen molar-refractivity contribution in [1.82, 2.24) is 24.1 Å². The number of rotatable bonds is 3. The Morgan fingerprint density at radius 1 is 1.25 bits per heavy atom. The lowest BCUT2D eigenvalue weighted by Crippen LogP contribution is -1.95. The van der Waals surface area contributed by atoms with Crippen molar-refractivity contribution in [3.05, 3.63) is 35.1 Å². The molecule has 0 fully saturated rings. The number of benzene rings is 1. The van der Waals surface area contributed by atoms with Crippen LogP contribution in [0.3, 0.4) is 0 Å². The summed E-state index contributed by atoms with van der Waals surface area (Å²) < 4.78 is 6.91. The summed E-state index contributed by atoms with van der Waals surface area (Å²) in [6.07, 6.45) is 0. The molecule has 0 aliphatic carbocycles. The van der Waals surface area contributed by atoms with Crippen LogP contribution in [0.1, 0.15) is 5.82 Å². The predicted molar refractivity (Wildman–Crippen MR) is 80.2 cm³/mol. The zero-order chi connectivity index (χ0) is 14.1. The van der Waals surface area contributed by atoms with Gasteiger partial charge in [0, 0.05) is 12.6 Å². The Balaban J connectivity index is 1.95. The normalized spacial score (nSPS) is 10.9. The molecule has 3 rings (SSSR count). The largest absolute Gasteiger partial charge is 0.305 e. The molecule has 0 atom stereocenters. The molecule has 0 saturated heterocycles. The van der Waals surface area contributed by atoms with Gasteiger partial charge >= 0.3 is 0 Å². The topological polar surface area (TPSA) is 56.5 Å². The van der Waals surface area contributed by atoms with Crippen molar-refractivity contribution >= 4 is 34.9 Å². The quantitative estimate of drug-likeness (QED) is 0.739. The minimum atomic E-state index is 0.659. The van der Waals surface area contributed by atoms with Crippen LogP contribution in [0.2, 0.25) is 5.02 Å². The Labute approximate surface area is 129 Å². The first kappa shape index (κ1) is 13.5. The van der Waals surface area contributed by atoms with Crippen molar-refractivity contribution in [3.8, 4) is 11.4 Å². The van der Waals surface area contributed by atoms with E-state index in [4.69, 9.17) is 11.6 Å². The summed E-state index contributed by atoms with van der Waals surface area (Å²) in [5.74, 6) is 1.50. The van der Waals surface area contributed by atoms with Gasteiger partial charge in [0.15, 0.2) is 15.3 Å². The van der Waals surface area contributed by atoms with Gasteiger partial charge in [0.05, 0.1) is 5.02 Å². The minimum Gasteiger partial charge on any atom is -0.305 e. The fourth-order valence-corrected chi connectivity index (χ4v) is 3.45. The van der Waals surface area contributed by atoms with E-state index in [1.165, 1.54) is 23.3 Å². The second-order valence-corrected chi connectivity index (χ2v) is 6.43. The molecule has 0 spiro atoms. The Kier molecular flexibility index (Phi) is 3.73. The number of halogens is 1. The highest BCUT2D eigenvalue weighted by molar-refractivity contribution is 8.00. The van der Waals surface area contributed by atoms with Crippen LogP contribution in [-0.2, 0) is 7.05 Å². The van der Waals surface area contributed by atoms with Gasteiger partial charge in [-0.2, -0.15) is 4.37 Å². The van der Waals surface area contributed by atoms with E-state index in [1.54, 1.807) is 0 Å². The van der Waals surface area contributed by atoms with Crippen LogP contribution >= 0.6 is 34.9 Å². The van der Waals surface area contributed by atoms with E-state index in [1.807, 2.05) is 42.8 Å². The molecule has 0 radical (unpaired) electrons. The Hall–Kier alpha value is -1.44. The molecule has 3 aromatic rings. The highest BCUT2D eigenvalue weighted by atomic mass is 35.5. The molecular weight excluding hydrogens is 314 g/mol. The molecule has 0 N–H and O–H groups in total. The second kappa shape index (κ2) is 5.51. The van der Waals surface area contributed by atoms with Gasteiger partial charge in [0.2, 0.25) is 0 Å². The highest BCUT2D eigenvalue weighted by Crippen LogP contribution is 2.31. The lowest BCUT2D eigenvalue weighted by Gasteiger charge is -2.04. The molecule has 0 aliphatic rings. The first-order valence-electron chi connectivity index (χ1n) is 5.77. The third-order valence-electron chi connectivity index (χ3n) is 2.64. The van der Waals surface area contributed by atoms with Crippen LogP contribution in [0, 0.1) is 6.92 Å². The maximum Gasteiger partial charge on any atom is 0.198 e. The van der Waals surface area contributed by atoms with E-state index in [9.17, 15) is 0 Å². The molecule has 2 heterocycles. The first-order valence-corrected chi connectivity index (χ1v) is 7.74. The highest BCUT2D eigenvalue weighted by Gasteiger charge is 2.15.